The zero-order chi connectivity index (χ0) is 16.7. The minimum atomic E-state index is -0.404. The highest BCUT2D eigenvalue weighted by molar-refractivity contribution is 6.03. The molecule has 1 aliphatic carbocycles. The van der Waals surface area contributed by atoms with Crippen LogP contribution in [0.25, 0.3) is 10.8 Å². The van der Waals surface area contributed by atoms with Crippen molar-refractivity contribution in [3.05, 3.63) is 42.5 Å². The number of benzene rings is 2. The molecule has 1 fully saturated rings. The van der Waals surface area contributed by atoms with Gasteiger partial charge in [-0.2, -0.15) is 10.1 Å². The molecule has 122 valence electrons. The highest BCUT2D eigenvalue weighted by Gasteiger charge is 2.46. The number of amides is 1. The van der Waals surface area contributed by atoms with E-state index in [0.717, 1.165) is 29.3 Å². The molecule has 6 nitrogen and oxygen atoms in total. The molecule has 2 aromatic rings. The van der Waals surface area contributed by atoms with Crippen LogP contribution in [0.2, 0.25) is 0 Å². The minimum absolute atomic E-state index is 0.0218. The van der Waals surface area contributed by atoms with Gasteiger partial charge in [0.25, 0.3) is 5.91 Å². The van der Waals surface area contributed by atoms with Crippen LogP contribution in [0.5, 0.6) is 0 Å². The predicted octanol–water partition coefficient (Wildman–Crippen LogP) is 1.84. The molecule has 0 radical (unpaired) electrons. The van der Waals surface area contributed by atoms with E-state index in [-0.39, 0.29) is 17.9 Å². The average Bonchev–Trinajstić information content (AvgIpc) is 3.32. The smallest absolute Gasteiger partial charge is 0.259 e. The Kier molecular flexibility index (Phi) is 3.45. The van der Waals surface area contributed by atoms with Gasteiger partial charge in [-0.25, -0.2) is 0 Å². The predicted molar refractivity (Wildman–Crippen MR) is 95.7 cm³/mol. The molecule has 4 rings (SSSR count). The van der Waals surface area contributed by atoms with Crippen LogP contribution in [0.4, 0.5) is 5.69 Å². The van der Waals surface area contributed by atoms with Gasteiger partial charge in [-0.3, -0.25) is 9.80 Å². The highest BCUT2D eigenvalue weighted by atomic mass is 16.1. The summed E-state index contributed by atoms with van der Waals surface area (Å²) < 4.78 is 0. The van der Waals surface area contributed by atoms with E-state index in [1.165, 1.54) is 0 Å². The fourth-order valence-electron chi connectivity index (χ4n) is 3.43. The van der Waals surface area contributed by atoms with Crippen molar-refractivity contribution in [2.75, 3.05) is 5.01 Å². The third-order valence-corrected chi connectivity index (χ3v) is 4.64. The Morgan fingerprint density at radius 2 is 1.88 bits per heavy atom. The highest BCUT2D eigenvalue weighted by Crippen LogP contribution is 2.44. The maximum Gasteiger partial charge on any atom is 0.259 e. The van der Waals surface area contributed by atoms with Crippen LogP contribution < -0.4 is 16.5 Å². The number of guanidine groups is 1. The molecule has 0 aromatic heterocycles. The van der Waals surface area contributed by atoms with Crippen LogP contribution in [-0.4, -0.2) is 24.1 Å². The quantitative estimate of drug-likeness (QED) is 0.666. The van der Waals surface area contributed by atoms with E-state index >= 15 is 0 Å². The van der Waals surface area contributed by atoms with Gasteiger partial charge in [0, 0.05) is 11.6 Å². The molecule has 2 aliphatic rings. The van der Waals surface area contributed by atoms with Gasteiger partial charge in [0.2, 0.25) is 0 Å². The maximum atomic E-state index is 12.4. The normalized spacial score (nSPS) is 22.8. The Morgan fingerprint density at radius 3 is 2.62 bits per heavy atom. The second-order valence-electron chi connectivity index (χ2n) is 6.34. The van der Waals surface area contributed by atoms with Gasteiger partial charge in [0.05, 0.1) is 11.7 Å². The second kappa shape index (κ2) is 5.63. The minimum Gasteiger partial charge on any atom is -0.370 e. The van der Waals surface area contributed by atoms with Crippen molar-refractivity contribution in [2.45, 2.75) is 18.9 Å². The lowest BCUT2D eigenvalue weighted by atomic mass is 9.95. The van der Waals surface area contributed by atoms with Crippen molar-refractivity contribution >= 4 is 34.5 Å². The first-order chi connectivity index (χ1) is 11.6. The fraction of sp³-hybridized carbons (Fsp3) is 0.278. The zero-order valence-corrected chi connectivity index (χ0v) is 13.2. The first kappa shape index (κ1) is 14.7. The first-order valence-corrected chi connectivity index (χ1v) is 8.10. The number of fused-ring (bicyclic) bond motifs is 1. The molecule has 1 heterocycles. The molecule has 1 saturated carbocycles. The van der Waals surface area contributed by atoms with E-state index in [9.17, 15) is 4.79 Å². The summed E-state index contributed by atoms with van der Waals surface area (Å²) in [7, 11) is 0. The van der Waals surface area contributed by atoms with E-state index in [1.54, 1.807) is 6.21 Å². The topological polar surface area (TPSA) is 97.1 Å². The number of carbonyl (C=O) groups is 1. The number of rotatable bonds is 3. The lowest BCUT2D eigenvalue weighted by Crippen LogP contribution is -2.38. The van der Waals surface area contributed by atoms with Gasteiger partial charge in [-0.05, 0) is 30.2 Å². The van der Waals surface area contributed by atoms with Crippen LogP contribution in [0.3, 0.4) is 0 Å². The molecule has 0 saturated heterocycles. The summed E-state index contributed by atoms with van der Waals surface area (Å²) in [5.41, 5.74) is 11.7. The van der Waals surface area contributed by atoms with E-state index in [1.807, 2.05) is 29.3 Å². The lowest BCUT2D eigenvalue weighted by Gasteiger charge is -2.27. The fourth-order valence-corrected chi connectivity index (χ4v) is 3.43. The molecule has 4 N–H and O–H groups in total. The number of aliphatic imine (C=N–C) groups is 1. The van der Waals surface area contributed by atoms with Crippen LogP contribution in [0.15, 0.2) is 52.6 Å². The summed E-state index contributed by atoms with van der Waals surface area (Å²) in [6.45, 7) is 0. The van der Waals surface area contributed by atoms with E-state index in [4.69, 9.17) is 11.5 Å². The third kappa shape index (κ3) is 2.50. The van der Waals surface area contributed by atoms with Gasteiger partial charge in [-0.1, -0.05) is 36.4 Å². The number of nitrogens with zero attached hydrogens (tertiary/aromatic N) is 3. The van der Waals surface area contributed by atoms with E-state index < -0.39 is 5.92 Å². The van der Waals surface area contributed by atoms with Gasteiger partial charge in [-0.15, -0.1) is 0 Å². The molecule has 2 unspecified atom stereocenters. The summed E-state index contributed by atoms with van der Waals surface area (Å²) in [6, 6.07) is 14.3. The van der Waals surface area contributed by atoms with Crippen molar-refractivity contribution in [1.82, 2.24) is 0 Å². The lowest BCUT2D eigenvalue weighted by molar-refractivity contribution is -0.120. The number of nitrogens with two attached hydrogens (primary N) is 2. The monoisotopic (exact) mass is 321 g/mol. The number of hydrogen-bond donors (Lipinski definition) is 2. The molecular weight excluding hydrogens is 302 g/mol. The first-order valence-electron chi connectivity index (χ1n) is 8.10. The van der Waals surface area contributed by atoms with Gasteiger partial charge < -0.3 is 11.5 Å². The van der Waals surface area contributed by atoms with Crippen molar-refractivity contribution < 1.29 is 4.79 Å². The molecule has 1 amide bonds. The Balaban J connectivity index is 1.74. The molecular formula is C18H19N5O. The molecule has 6 heteroatoms. The summed E-state index contributed by atoms with van der Waals surface area (Å²) in [6.07, 6.45) is 3.88. The summed E-state index contributed by atoms with van der Waals surface area (Å²) in [5.74, 6) is -0.488. The third-order valence-electron chi connectivity index (χ3n) is 4.64. The Bertz CT molecular complexity index is 846. The van der Waals surface area contributed by atoms with Gasteiger partial charge >= 0.3 is 0 Å². The molecule has 1 aliphatic heterocycles. The molecule has 2 aromatic carbocycles. The number of hydrogen-bond acceptors (Lipinski definition) is 3. The Hall–Kier alpha value is -2.89. The van der Waals surface area contributed by atoms with Crippen molar-refractivity contribution in [1.29, 1.82) is 0 Å². The van der Waals surface area contributed by atoms with Gasteiger partial charge in [0.1, 0.15) is 5.92 Å². The standard InChI is InChI=1S/C18H19N5O/c19-18(20)22-17(24)14-10-21-23(16(14)12-8-9-12)15-7-3-5-11-4-1-2-6-13(11)15/h1-7,10,12,14,16H,8-9H2,(H4,19,20,22,24). The summed E-state index contributed by atoms with van der Waals surface area (Å²) >= 11 is 0. The Labute approximate surface area is 139 Å². The largest absolute Gasteiger partial charge is 0.370 e. The average molecular weight is 321 g/mol. The maximum absolute atomic E-state index is 12.4. The SMILES string of the molecule is NC(N)=NC(=O)C1C=NN(c2cccc3ccccc23)C1C1CC1. The van der Waals surface area contributed by atoms with E-state index in [2.05, 4.69) is 28.3 Å². The van der Waals surface area contributed by atoms with E-state index in [0.29, 0.717) is 5.92 Å². The Morgan fingerprint density at radius 1 is 1.12 bits per heavy atom. The van der Waals surface area contributed by atoms with Crippen LogP contribution in [-0.2, 0) is 4.79 Å². The zero-order valence-electron chi connectivity index (χ0n) is 13.2. The number of hydrazone groups is 1. The molecule has 0 spiro atoms. The van der Waals surface area contributed by atoms with Crippen LogP contribution in [0.1, 0.15) is 12.8 Å². The number of anilines is 1. The number of carbonyl (C=O) groups excluding carboxylic acids is 1. The summed E-state index contributed by atoms with van der Waals surface area (Å²) in [4.78, 5) is 16.1. The van der Waals surface area contributed by atoms with Gasteiger partial charge in [0.15, 0.2) is 5.96 Å². The van der Waals surface area contributed by atoms with Crippen molar-refractivity contribution in [2.24, 2.45) is 33.4 Å². The van der Waals surface area contributed by atoms with Crippen LogP contribution in [0, 0.1) is 11.8 Å². The second-order valence-corrected chi connectivity index (χ2v) is 6.34. The van der Waals surface area contributed by atoms with Crippen molar-refractivity contribution in [3.63, 3.8) is 0 Å². The molecule has 2 atom stereocenters. The molecule has 24 heavy (non-hydrogen) atoms. The van der Waals surface area contributed by atoms with Crippen molar-refractivity contribution in [3.8, 4) is 0 Å². The molecule has 0 bridgehead atoms. The van der Waals surface area contributed by atoms with Crippen LogP contribution >= 0.6 is 0 Å². The summed E-state index contributed by atoms with van der Waals surface area (Å²) in [5, 5.41) is 8.80.